The lowest BCUT2D eigenvalue weighted by Gasteiger charge is -2.29. The van der Waals surface area contributed by atoms with E-state index in [0.29, 0.717) is 18.7 Å². The molecule has 0 aromatic heterocycles. The van der Waals surface area contributed by atoms with Crippen LogP contribution in [0.25, 0.3) is 0 Å². The summed E-state index contributed by atoms with van der Waals surface area (Å²) in [6.07, 6.45) is 2.14. The van der Waals surface area contributed by atoms with E-state index in [2.05, 4.69) is 26.6 Å². The molecule has 1 heterocycles. The molecule has 1 amide bonds. The van der Waals surface area contributed by atoms with Crippen molar-refractivity contribution in [2.45, 2.75) is 18.4 Å². The highest BCUT2D eigenvalue weighted by Gasteiger charge is 2.33. The van der Waals surface area contributed by atoms with Gasteiger partial charge in [-0.25, -0.2) is 0 Å². The van der Waals surface area contributed by atoms with Crippen LogP contribution in [0.2, 0.25) is 0 Å². The zero-order valence-corrected chi connectivity index (χ0v) is 12.6. The summed E-state index contributed by atoms with van der Waals surface area (Å²) < 4.78 is 6.08. The minimum Gasteiger partial charge on any atom is -0.383 e. The number of carbonyl (C=O) groups is 1. The highest BCUT2D eigenvalue weighted by Crippen LogP contribution is 2.20. The first kappa shape index (κ1) is 14.5. The normalized spacial score (nSPS) is 22.4. The second kappa shape index (κ2) is 6.50. The van der Waals surface area contributed by atoms with Crippen LogP contribution in [0.1, 0.15) is 23.2 Å². The van der Waals surface area contributed by atoms with Crippen molar-refractivity contribution < 1.29 is 9.53 Å². The SMILES string of the molecule is COCC1(CNC(=O)c2ccccc2Br)CCCN1. The number of amides is 1. The Hall–Kier alpha value is -0.910. The Bertz CT molecular complexity index is 445. The van der Waals surface area contributed by atoms with Gasteiger partial charge in [-0.2, -0.15) is 0 Å². The predicted molar refractivity (Wildman–Crippen MR) is 78.3 cm³/mol. The Morgan fingerprint density at radius 3 is 2.95 bits per heavy atom. The zero-order chi connectivity index (χ0) is 13.7. The van der Waals surface area contributed by atoms with Gasteiger partial charge >= 0.3 is 0 Å². The van der Waals surface area contributed by atoms with Crippen molar-refractivity contribution in [3.63, 3.8) is 0 Å². The monoisotopic (exact) mass is 326 g/mol. The number of halogens is 1. The second-order valence-electron chi connectivity index (χ2n) is 4.91. The predicted octanol–water partition coefficient (Wildman–Crippen LogP) is 1.95. The maximum atomic E-state index is 12.2. The molecule has 0 bridgehead atoms. The molecule has 1 aromatic rings. The second-order valence-corrected chi connectivity index (χ2v) is 5.76. The lowest BCUT2D eigenvalue weighted by molar-refractivity contribution is 0.0891. The van der Waals surface area contributed by atoms with E-state index >= 15 is 0 Å². The molecule has 5 heteroatoms. The van der Waals surface area contributed by atoms with E-state index in [1.54, 1.807) is 7.11 Å². The van der Waals surface area contributed by atoms with E-state index in [0.717, 1.165) is 23.9 Å². The van der Waals surface area contributed by atoms with Gasteiger partial charge in [-0.05, 0) is 47.4 Å². The number of hydrogen-bond donors (Lipinski definition) is 2. The van der Waals surface area contributed by atoms with E-state index in [4.69, 9.17) is 4.74 Å². The fourth-order valence-corrected chi connectivity index (χ4v) is 2.93. The summed E-state index contributed by atoms with van der Waals surface area (Å²) in [6.45, 7) is 2.18. The highest BCUT2D eigenvalue weighted by molar-refractivity contribution is 9.10. The van der Waals surface area contributed by atoms with Gasteiger partial charge in [0.15, 0.2) is 0 Å². The van der Waals surface area contributed by atoms with E-state index in [1.807, 2.05) is 24.3 Å². The number of benzene rings is 1. The van der Waals surface area contributed by atoms with Crippen molar-refractivity contribution in [2.24, 2.45) is 0 Å². The van der Waals surface area contributed by atoms with Gasteiger partial charge in [0.1, 0.15) is 0 Å². The van der Waals surface area contributed by atoms with Gasteiger partial charge in [0, 0.05) is 18.1 Å². The van der Waals surface area contributed by atoms with Gasteiger partial charge in [-0.1, -0.05) is 12.1 Å². The van der Waals surface area contributed by atoms with Crippen molar-refractivity contribution in [3.8, 4) is 0 Å². The Kier molecular flexibility index (Phi) is 4.96. The van der Waals surface area contributed by atoms with Crippen LogP contribution in [0.5, 0.6) is 0 Å². The van der Waals surface area contributed by atoms with E-state index in [1.165, 1.54) is 0 Å². The average Bonchev–Trinajstić information content (AvgIpc) is 2.86. The Labute approximate surface area is 122 Å². The summed E-state index contributed by atoms with van der Waals surface area (Å²) in [7, 11) is 1.69. The van der Waals surface area contributed by atoms with Crippen molar-refractivity contribution in [2.75, 3.05) is 26.8 Å². The number of carbonyl (C=O) groups excluding carboxylic acids is 1. The van der Waals surface area contributed by atoms with Crippen molar-refractivity contribution in [1.82, 2.24) is 10.6 Å². The summed E-state index contributed by atoms with van der Waals surface area (Å²) in [5, 5.41) is 6.44. The van der Waals surface area contributed by atoms with E-state index < -0.39 is 0 Å². The van der Waals surface area contributed by atoms with Crippen LogP contribution in [0.15, 0.2) is 28.7 Å². The first-order chi connectivity index (χ1) is 9.17. The molecule has 1 aliphatic heterocycles. The van der Waals surface area contributed by atoms with Gasteiger partial charge < -0.3 is 15.4 Å². The molecule has 2 rings (SSSR count). The molecule has 0 radical (unpaired) electrons. The summed E-state index contributed by atoms with van der Waals surface area (Å²) in [5.41, 5.74) is 0.541. The summed E-state index contributed by atoms with van der Waals surface area (Å²) in [4.78, 5) is 12.2. The molecule has 1 aliphatic rings. The Morgan fingerprint density at radius 1 is 1.53 bits per heavy atom. The van der Waals surface area contributed by atoms with Gasteiger partial charge in [0.25, 0.3) is 5.91 Å². The maximum Gasteiger partial charge on any atom is 0.252 e. The molecular formula is C14H19BrN2O2. The lowest BCUT2D eigenvalue weighted by atomic mass is 9.98. The molecule has 1 saturated heterocycles. The third-order valence-electron chi connectivity index (χ3n) is 3.46. The van der Waals surface area contributed by atoms with Crippen molar-refractivity contribution >= 4 is 21.8 Å². The molecule has 1 unspecified atom stereocenters. The number of ether oxygens (including phenoxy) is 1. The largest absolute Gasteiger partial charge is 0.383 e. The maximum absolute atomic E-state index is 12.2. The van der Waals surface area contributed by atoms with E-state index in [-0.39, 0.29) is 11.4 Å². The van der Waals surface area contributed by atoms with Crippen LogP contribution in [-0.2, 0) is 4.74 Å². The Morgan fingerprint density at radius 2 is 2.32 bits per heavy atom. The molecule has 19 heavy (non-hydrogen) atoms. The number of nitrogens with one attached hydrogen (secondary N) is 2. The van der Waals surface area contributed by atoms with Gasteiger partial charge in [0.05, 0.1) is 17.7 Å². The molecule has 0 aliphatic carbocycles. The van der Waals surface area contributed by atoms with Gasteiger partial charge in [-0.15, -0.1) is 0 Å². The summed E-state index contributed by atoms with van der Waals surface area (Å²) in [6, 6.07) is 7.43. The Balaban J connectivity index is 1.98. The summed E-state index contributed by atoms with van der Waals surface area (Å²) >= 11 is 3.39. The fourth-order valence-electron chi connectivity index (χ4n) is 2.46. The van der Waals surface area contributed by atoms with Gasteiger partial charge in [-0.3, -0.25) is 4.79 Å². The lowest BCUT2D eigenvalue weighted by Crippen LogP contribution is -2.53. The molecule has 1 fully saturated rings. The van der Waals surface area contributed by atoms with Crippen LogP contribution in [0, 0.1) is 0 Å². The molecule has 1 aromatic carbocycles. The quantitative estimate of drug-likeness (QED) is 0.869. The minimum atomic E-state index is -0.119. The minimum absolute atomic E-state index is 0.0587. The zero-order valence-electron chi connectivity index (χ0n) is 11.0. The third kappa shape index (κ3) is 3.55. The van der Waals surface area contributed by atoms with Crippen molar-refractivity contribution in [3.05, 3.63) is 34.3 Å². The van der Waals surface area contributed by atoms with Crippen LogP contribution in [0.4, 0.5) is 0 Å². The van der Waals surface area contributed by atoms with Crippen LogP contribution < -0.4 is 10.6 Å². The smallest absolute Gasteiger partial charge is 0.252 e. The molecule has 0 spiro atoms. The molecule has 2 N–H and O–H groups in total. The van der Waals surface area contributed by atoms with Crippen molar-refractivity contribution in [1.29, 1.82) is 0 Å². The first-order valence-electron chi connectivity index (χ1n) is 6.44. The van der Waals surface area contributed by atoms with E-state index in [9.17, 15) is 4.79 Å². The number of rotatable bonds is 5. The average molecular weight is 327 g/mol. The molecular weight excluding hydrogens is 308 g/mol. The van der Waals surface area contributed by atoms with Crippen LogP contribution >= 0.6 is 15.9 Å². The molecule has 4 nitrogen and oxygen atoms in total. The topological polar surface area (TPSA) is 50.4 Å². The standard InChI is InChI=1S/C14H19BrN2O2/c1-19-10-14(7-4-8-17-14)9-16-13(18)11-5-2-3-6-12(11)15/h2-3,5-6,17H,4,7-10H2,1H3,(H,16,18). The summed E-state index contributed by atoms with van der Waals surface area (Å²) in [5.74, 6) is -0.0587. The molecule has 0 saturated carbocycles. The highest BCUT2D eigenvalue weighted by atomic mass is 79.9. The van der Waals surface area contributed by atoms with Gasteiger partial charge in [0.2, 0.25) is 0 Å². The molecule has 104 valence electrons. The first-order valence-corrected chi connectivity index (χ1v) is 7.23. The third-order valence-corrected chi connectivity index (χ3v) is 4.15. The van der Waals surface area contributed by atoms with Crippen LogP contribution in [-0.4, -0.2) is 38.3 Å². The fraction of sp³-hybridized carbons (Fsp3) is 0.500. The number of hydrogen-bond acceptors (Lipinski definition) is 3. The van der Waals surface area contributed by atoms with Crippen LogP contribution in [0.3, 0.4) is 0 Å². The molecule has 1 atom stereocenters. The number of methoxy groups -OCH3 is 1.